The Morgan fingerprint density at radius 2 is 1.51 bits per heavy atom. The second-order valence-electron chi connectivity index (χ2n) is 15.1. The van der Waals surface area contributed by atoms with Crippen molar-refractivity contribution in [3.05, 3.63) is 235 Å². The summed E-state index contributed by atoms with van der Waals surface area (Å²) in [5, 5.41) is 3.73. The first kappa shape index (κ1) is 42.2. The van der Waals surface area contributed by atoms with Gasteiger partial charge in [0, 0.05) is 45.9 Å². The Morgan fingerprint density at radius 3 is 2.14 bits per heavy atom. The molecule has 4 aromatic carbocycles. The molecule has 1 aliphatic heterocycles. The molecule has 0 radical (unpaired) electrons. The van der Waals surface area contributed by atoms with E-state index in [9.17, 15) is 0 Å². The molecule has 0 fully saturated rings. The summed E-state index contributed by atoms with van der Waals surface area (Å²) < 4.78 is 0. The summed E-state index contributed by atoms with van der Waals surface area (Å²) >= 11 is 0. The molecule has 298 valence electrons. The molecule has 0 spiro atoms. The largest absolute Gasteiger partial charge is 0.355 e. The summed E-state index contributed by atoms with van der Waals surface area (Å²) in [6.07, 6.45) is 32.5. The van der Waals surface area contributed by atoms with Gasteiger partial charge in [-0.05, 0) is 127 Å². The number of rotatable bonds is 14. The Morgan fingerprint density at radius 1 is 0.797 bits per heavy atom. The van der Waals surface area contributed by atoms with E-state index < -0.39 is 0 Å². The van der Waals surface area contributed by atoms with Crippen LogP contribution in [0.3, 0.4) is 0 Å². The van der Waals surface area contributed by atoms with Crippen LogP contribution >= 0.6 is 0 Å². The Bertz CT molecular complexity index is 2370. The SMILES string of the molecule is C=C1/C=C(/c2ccccc2)CC(C2C=CC=CC2)N(C(/C=C\C)=C/C)/C(CC)=C1/C=C(\CC)c1ccc(Nc2ccc(-c3ccccc3)cc2)c(C(=C)/C=C\C=C/C)c1. The van der Waals surface area contributed by atoms with Crippen molar-refractivity contribution in [2.75, 3.05) is 5.32 Å². The van der Waals surface area contributed by atoms with Gasteiger partial charge in [0.25, 0.3) is 0 Å². The average molecular weight is 773 g/mol. The number of nitrogens with zero attached hydrogens (tertiary/aromatic N) is 1. The molecule has 59 heavy (non-hydrogen) atoms. The van der Waals surface area contributed by atoms with E-state index in [0.717, 1.165) is 53.8 Å². The van der Waals surface area contributed by atoms with Crippen LogP contribution in [0.4, 0.5) is 11.4 Å². The smallest absolute Gasteiger partial charge is 0.0464 e. The molecule has 1 aliphatic carbocycles. The highest BCUT2D eigenvalue weighted by molar-refractivity contribution is 5.86. The summed E-state index contributed by atoms with van der Waals surface area (Å²) in [6.45, 7) is 20.2. The highest BCUT2D eigenvalue weighted by atomic mass is 15.2. The summed E-state index contributed by atoms with van der Waals surface area (Å²) in [5.74, 6) is 0.342. The average Bonchev–Trinajstić information content (AvgIpc) is 3.28. The second kappa shape index (κ2) is 20.9. The molecule has 0 saturated heterocycles. The van der Waals surface area contributed by atoms with Gasteiger partial charge in [0.2, 0.25) is 0 Å². The third-order valence-corrected chi connectivity index (χ3v) is 11.3. The van der Waals surface area contributed by atoms with Crippen LogP contribution in [0.2, 0.25) is 0 Å². The Kier molecular flexibility index (Phi) is 14.9. The third kappa shape index (κ3) is 10.4. The molecule has 0 bridgehead atoms. The van der Waals surface area contributed by atoms with Gasteiger partial charge in [0.05, 0.1) is 0 Å². The minimum atomic E-state index is 0.201. The Hall–Kier alpha value is -6.38. The van der Waals surface area contributed by atoms with Crippen LogP contribution in [0.1, 0.15) is 77.0 Å². The molecule has 2 atom stereocenters. The van der Waals surface area contributed by atoms with Crippen molar-refractivity contribution in [3.63, 3.8) is 0 Å². The van der Waals surface area contributed by atoms with Crippen molar-refractivity contribution in [1.82, 2.24) is 4.90 Å². The zero-order chi connectivity index (χ0) is 41.6. The van der Waals surface area contributed by atoms with Gasteiger partial charge in [0.1, 0.15) is 0 Å². The van der Waals surface area contributed by atoms with E-state index in [0.29, 0.717) is 5.92 Å². The molecular weight excluding hydrogens is 713 g/mol. The number of anilines is 2. The molecular formula is C57H60N2. The highest BCUT2D eigenvalue weighted by Crippen LogP contribution is 2.42. The first-order valence-electron chi connectivity index (χ1n) is 21.2. The van der Waals surface area contributed by atoms with Crippen molar-refractivity contribution in [3.8, 4) is 11.1 Å². The van der Waals surface area contributed by atoms with Gasteiger partial charge in [-0.1, -0.05) is 173 Å². The van der Waals surface area contributed by atoms with Gasteiger partial charge < -0.3 is 10.2 Å². The first-order chi connectivity index (χ1) is 28.9. The normalized spacial score (nSPS) is 20.0. The van der Waals surface area contributed by atoms with Gasteiger partial charge in [-0.3, -0.25) is 0 Å². The summed E-state index contributed by atoms with van der Waals surface area (Å²) in [4.78, 5) is 2.64. The van der Waals surface area contributed by atoms with E-state index in [4.69, 9.17) is 6.58 Å². The van der Waals surface area contributed by atoms with Crippen LogP contribution in [0, 0.1) is 5.92 Å². The molecule has 2 unspecified atom stereocenters. The molecule has 0 amide bonds. The lowest BCUT2D eigenvalue weighted by atomic mass is 9.81. The van der Waals surface area contributed by atoms with Crippen molar-refractivity contribution in [2.45, 2.75) is 66.3 Å². The van der Waals surface area contributed by atoms with Crippen LogP contribution in [-0.4, -0.2) is 10.9 Å². The molecule has 2 aliphatic rings. The molecule has 2 heteroatoms. The van der Waals surface area contributed by atoms with Crippen molar-refractivity contribution < 1.29 is 0 Å². The minimum Gasteiger partial charge on any atom is -0.355 e. The fraction of sp³-hybridized carbons (Fsp3) is 0.193. The van der Waals surface area contributed by atoms with Crippen molar-refractivity contribution >= 4 is 28.1 Å². The molecule has 4 aromatic rings. The minimum absolute atomic E-state index is 0.201. The lowest BCUT2D eigenvalue weighted by molar-refractivity contribution is 0.255. The van der Waals surface area contributed by atoms with E-state index in [-0.39, 0.29) is 6.04 Å². The van der Waals surface area contributed by atoms with Gasteiger partial charge in [-0.2, -0.15) is 0 Å². The Labute approximate surface area is 354 Å². The fourth-order valence-electron chi connectivity index (χ4n) is 8.22. The maximum atomic E-state index is 4.82. The summed E-state index contributed by atoms with van der Waals surface area (Å²) in [5.41, 5.74) is 16.1. The molecule has 2 nitrogen and oxygen atoms in total. The zero-order valence-corrected chi connectivity index (χ0v) is 35.7. The lowest BCUT2D eigenvalue weighted by Crippen LogP contribution is -2.40. The number of allylic oxidation sites excluding steroid dienone is 17. The van der Waals surface area contributed by atoms with E-state index in [1.807, 2.05) is 19.1 Å². The molecule has 6 rings (SSSR count). The second-order valence-corrected chi connectivity index (χ2v) is 15.1. The van der Waals surface area contributed by atoms with E-state index in [1.165, 1.54) is 50.4 Å². The maximum absolute atomic E-state index is 4.82. The Balaban J connectivity index is 1.50. The van der Waals surface area contributed by atoms with Crippen molar-refractivity contribution in [1.29, 1.82) is 0 Å². The van der Waals surface area contributed by atoms with Gasteiger partial charge in [-0.25, -0.2) is 0 Å². The lowest BCUT2D eigenvalue weighted by Gasteiger charge is -2.43. The van der Waals surface area contributed by atoms with Crippen LogP contribution in [0.15, 0.2) is 218 Å². The third-order valence-electron chi connectivity index (χ3n) is 11.3. The number of hydrogen-bond donors (Lipinski definition) is 1. The first-order valence-corrected chi connectivity index (χ1v) is 21.2. The van der Waals surface area contributed by atoms with Crippen LogP contribution < -0.4 is 5.32 Å². The molecule has 1 N–H and O–H groups in total. The van der Waals surface area contributed by atoms with E-state index in [1.54, 1.807) is 0 Å². The number of hydrogen-bond acceptors (Lipinski definition) is 2. The van der Waals surface area contributed by atoms with Gasteiger partial charge in [0.15, 0.2) is 0 Å². The zero-order valence-electron chi connectivity index (χ0n) is 35.7. The fourth-order valence-corrected chi connectivity index (χ4v) is 8.22. The number of nitrogens with one attached hydrogen (secondary N) is 1. The van der Waals surface area contributed by atoms with Crippen LogP contribution in [0.25, 0.3) is 27.8 Å². The monoisotopic (exact) mass is 772 g/mol. The van der Waals surface area contributed by atoms with Crippen molar-refractivity contribution in [2.24, 2.45) is 5.92 Å². The predicted molar refractivity (Wildman–Crippen MR) is 259 cm³/mol. The maximum Gasteiger partial charge on any atom is 0.0464 e. The van der Waals surface area contributed by atoms with Gasteiger partial charge >= 0.3 is 0 Å². The summed E-state index contributed by atoms with van der Waals surface area (Å²) in [7, 11) is 0. The standard InChI is InChI=1S/C57H60N2/c1-8-13-17-25-42(6)53-40-49(34-37-55(53)58-51-35-32-47(33-36-51)45-26-18-14-19-27-45)44(10-3)39-54-43(7)38-50(46-28-20-15-21-29-46)41-57(48-30-22-16-23-31-48)59(56(54)12-5)52(11-4)24-9-2/h8-9,11,13-30,32-40,48,57-58H,6-7,10,12,31,41H2,1-5H3/b13-8-,24-9-,25-17-,44-39+,50-38+,52-11+,56-54-. The number of benzene rings is 4. The molecule has 0 saturated carbocycles. The highest BCUT2D eigenvalue weighted by Gasteiger charge is 2.33. The quantitative estimate of drug-likeness (QED) is 0.128. The van der Waals surface area contributed by atoms with Crippen LogP contribution in [0.5, 0.6) is 0 Å². The molecule has 1 heterocycles. The topological polar surface area (TPSA) is 15.3 Å². The van der Waals surface area contributed by atoms with E-state index in [2.05, 4.69) is 214 Å². The van der Waals surface area contributed by atoms with E-state index >= 15 is 0 Å². The van der Waals surface area contributed by atoms with Crippen LogP contribution in [-0.2, 0) is 0 Å². The summed E-state index contributed by atoms with van der Waals surface area (Å²) in [6, 6.07) is 37.0. The molecule has 0 aromatic heterocycles. The predicted octanol–water partition coefficient (Wildman–Crippen LogP) is 16.0. The van der Waals surface area contributed by atoms with Gasteiger partial charge in [-0.15, -0.1) is 0 Å².